The number of aryl methyl sites for hydroxylation is 2. The van der Waals surface area contributed by atoms with Gasteiger partial charge >= 0.3 is 0 Å². The maximum Gasteiger partial charge on any atom is 0.251 e. The van der Waals surface area contributed by atoms with Crippen LogP contribution in [0.3, 0.4) is 0 Å². The number of rotatable bonds is 5. The van der Waals surface area contributed by atoms with Crippen LogP contribution in [0.4, 0.5) is 5.00 Å². The molecular weight excluding hydrogens is 428 g/mol. The van der Waals surface area contributed by atoms with E-state index in [1.807, 2.05) is 6.07 Å². The Labute approximate surface area is 190 Å². The highest BCUT2D eigenvalue weighted by Gasteiger charge is 2.27. The van der Waals surface area contributed by atoms with E-state index >= 15 is 0 Å². The van der Waals surface area contributed by atoms with Crippen LogP contribution >= 0.6 is 23.1 Å². The van der Waals surface area contributed by atoms with Gasteiger partial charge < -0.3 is 11.1 Å². The molecule has 2 aliphatic rings. The van der Waals surface area contributed by atoms with Crippen molar-refractivity contribution in [2.75, 3.05) is 11.1 Å². The molecule has 2 aromatic heterocycles. The zero-order valence-electron chi connectivity index (χ0n) is 17.6. The molecule has 0 saturated heterocycles. The van der Waals surface area contributed by atoms with Gasteiger partial charge in [0.25, 0.3) is 5.91 Å². The molecule has 3 N–H and O–H groups in total. The Morgan fingerprint density at radius 1 is 1.32 bits per heavy atom. The molecule has 2 aliphatic carbocycles. The number of hydrogen-bond donors (Lipinski definition) is 2. The van der Waals surface area contributed by atoms with Gasteiger partial charge in [0.15, 0.2) is 0 Å². The fraction of sp³-hybridized carbons (Fsp3) is 0.478. The van der Waals surface area contributed by atoms with Gasteiger partial charge in [-0.1, -0.05) is 25.1 Å². The Bertz CT molecular complexity index is 1070. The highest BCUT2D eigenvalue weighted by molar-refractivity contribution is 8.00. The van der Waals surface area contributed by atoms with E-state index in [1.54, 1.807) is 0 Å². The second kappa shape index (κ2) is 9.41. The maximum absolute atomic E-state index is 12.7. The number of fused-ring (bicyclic) bond motifs is 2. The largest absolute Gasteiger partial charge is 0.365 e. The number of carbonyl (C=O) groups excluding carboxylic acids is 2. The second-order valence-electron chi connectivity index (χ2n) is 8.38. The minimum atomic E-state index is -0.491. The molecule has 2 heterocycles. The maximum atomic E-state index is 12.7. The van der Waals surface area contributed by atoms with Crippen LogP contribution in [-0.4, -0.2) is 22.6 Å². The summed E-state index contributed by atoms with van der Waals surface area (Å²) in [6.45, 7) is 2.20. The molecule has 0 aromatic carbocycles. The average Bonchev–Trinajstić information content (AvgIpc) is 2.92. The standard InChI is InChI=1S/C23H26N4O2S2/c1-13-7-8-16-18(9-13)31-23(20(16)21(25)29)27-19(28)12-30-22-15(11-24)10-14-5-3-2-4-6-17(14)26-22/h10,13H,2-9,12H2,1H3,(H2,25,29)(H,27,28). The topological polar surface area (TPSA) is 109 Å². The van der Waals surface area contributed by atoms with Gasteiger partial charge in [0.05, 0.1) is 16.9 Å². The van der Waals surface area contributed by atoms with Crippen LogP contribution in [0.1, 0.15) is 70.2 Å². The molecule has 0 radical (unpaired) electrons. The molecule has 0 saturated carbocycles. The van der Waals surface area contributed by atoms with Crippen LogP contribution in [0.2, 0.25) is 0 Å². The lowest BCUT2D eigenvalue weighted by atomic mass is 9.88. The van der Waals surface area contributed by atoms with Crippen molar-refractivity contribution in [1.29, 1.82) is 5.26 Å². The summed E-state index contributed by atoms with van der Waals surface area (Å²) >= 11 is 2.73. The molecule has 0 bridgehead atoms. The smallest absolute Gasteiger partial charge is 0.251 e. The van der Waals surface area contributed by atoms with Crippen LogP contribution in [0.15, 0.2) is 11.1 Å². The number of nitrogens with one attached hydrogen (secondary N) is 1. The van der Waals surface area contributed by atoms with Gasteiger partial charge in [0, 0.05) is 10.6 Å². The summed E-state index contributed by atoms with van der Waals surface area (Å²) in [4.78, 5) is 30.6. The summed E-state index contributed by atoms with van der Waals surface area (Å²) in [5.74, 6) is -0.0268. The van der Waals surface area contributed by atoms with Crippen molar-refractivity contribution in [3.63, 3.8) is 0 Å². The number of anilines is 1. The zero-order valence-corrected chi connectivity index (χ0v) is 19.3. The SMILES string of the molecule is CC1CCc2c(sc(NC(=O)CSc3nc4c(cc3C#N)CCCCC4)c2C(N)=O)C1. The third-order valence-electron chi connectivity index (χ3n) is 5.99. The van der Waals surface area contributed by atoms with Gasteiger partial charge in [0.1, 0.15) is 16.1 Å². The Morgan fingerprint density at radius 2 is 2.13 bits per heavy atom. The number of amides is 2. The van der Waals surface area contributed by atoms with Crippen molar-refractivity contribution in [1.82, 2.24) is 4.98 Å². The van der Waals surface area contributed by atoms with Crippen molar-refractivity contribution in [3.8, 4) is 6.07 Å². The van der Waals surface area contributed by atoms with Crippen LogP contribution in [0, 0.1) is 17.2 Å². The van der Waals surface area contributed by atoms with E-state index < -0.39 is 5.91 Å². The average molecular weight is 455 g/mol. The molecule has 4 rings (SSSR count). The lowest BCUT2D eigenvalue weighted by Crippen LogP contribution is -2.20. The van der Waals surface area contributed by atoms with E-state index in [0.717, 1.165) is 66.6 Å². The molecule has 0 fully saturated rings. The normalized spacial score (nSPS) is 17.7. The first-order valence-corrected chi connectivity index (χ1v) is 12.6. The van der Waals surface area contributed by atoms with Crippen LogP contribution in [0.5, 0.6) is 0 Å². The van der Waals surface area contributed by atoms with E-state index in [0.29, 0.717) is 27.1 Å². The van der Waals surface area contributed by atoms with Gasteiger partial charge in [-0.05, 0) is 68.1 Å². The Morgan fingerprint density at radius 3 is 2.90 bits per heavy atom. The molecule has 162 valence electrons. The van der Waals surface area contributed by atoms with Crippen molar-refractivity contribution < 1.29 is 9.59 Å². The van der Waals surface area contributed by atoms with Gasteiger partial charge in [-0.2, -0.15) is 5.26 Å². The van der Waals surface area contributed by atoms with Crippen molar-refractivity contribution in [2.45, 2.75) is 63.3 Å². The summed E-state index contributed by atoms with van der Waals surface area (Å²) in [6.07, 6.45) is 8.04. The van der Waals surface area contributed by atoms with Crippen LogP contribution in [0.25, 0.3) is 0 Å². The molecule has 2 aromatic rings. The van der Waals surface area contributed by atoms with Gasteiger partial charge in [-0.3, -0.25) is 9.59 Å². The molecule has 1 unspecified atom stereocenters. The number of nitrogens with zero attached hydrogens (tertiary/aromatic N) is 2. The van der Waals surface area contributed by atoms with Gasteiger partial charge in [0.2, 0.25) is 5.91 Å². The predicted molar refractivity (Wildman–Crippen MR) is 124 cm³/mol. The Balaban J connectivity index is 1.49. The molecular formula is C23H26N4O2S2. The Kier molecular flexibility index (Phi) is 6.63. The highest BCUT2D eigenvalue weighted by atomic mass is 32.2. The van der Waals surface area contributed by atoms with Crippen LogP contribution in [-0.2, 0) is 30.5 Å². The first-order chi connectivity index (χ1) is 15.0. The fourth-order valence-corrected chi connectivity index (χ4v) is 6.58. The molecule has 2 amide bonds. The van der Waals surface area contributed by atoms with E-state index in [2.05, 4.69) is 18.3 Å². The third kappa shape index (κ3) is 4.78. The third-order valence-corrected chi connectivity index (χ3v) is 8.15. The van der Waals surface area contributed by atoms with E-state index in [9.17, 15) is 14.9 Å². The predicted octanol–water partition coefficient (Wildman–Crippen LogP) is 4.24. The summed E-state index contributed by atoms with van der Waals surface area (Å²) in [5.41, 5.74) is 9.84. The molecule has 8 heteroatoms. The lowest BCUT2D eigenvalue weighted by Gasteiger charge is -2.18. The Hall–Kier alpha value is -2.37. The number of aromatic nitrogens is 1. The van der Waals surface area contributed by atoms with Crippen molar-refractivity contribution >= 4 is 39.9 Å². The van der Waals surface area contributed by atoms with Crippen molar-refractivity contribution in [3.05, 3.63) is 38.9 Å². The van der Waals surface area contributed by atoms with Crippen molar-refractivity contribution in [2.24, 2.45) is 11.7 Å². The summed E-state index contributed by atoms with van der Waals surface area (Å²) in [6, 6.07) is 4.16. The number of primary amides is 1. The zero-order chi connectivity index (χ0) is 22.0. The number of nitrogens with two attached hydrogens (primary N) is 1. The van der Waals surface area contributed by atoms with Gasteiger partial charge in [-0.25, -0.2) is 4.98 Å². The number of hydrogen-bond acceptors (Lipinski definition) is 6. The minimum absolute atomic E-state index is 0.123. The van der Waals surface area contributed by atoms with E-state index in [-0.39, 0.29) is 11.7 Å². The number of nitriles is 1. The summed E-state index contributed by atoms with van der Waals surface area (Å²) < 4.78 is 0. The molecule has 0 spiro atoms. The highest BCUT2D eigenvalue weighted by Crippen LogP contribution is 2.39. The fourth-order valence-electron chi connectivity index (χ4n) is 4.38. The quantitative estimate of drug-likeness (QED) is 0.519. The first-order valence-electron chi connectivity index (χ1n) is 10.8. The van der Waals surface area contributed by atoms with E-state index in [4.69, 9.17) is 10.7 Å². The number of pyridine rings is 1. The first kappa shape index (κ1) is 21.8. The number of thiophene rings is 1. The monoisotopic (exact) mass is 454 g/mol. The van der Waals surface area contributed by atoms with E-state index in [1.165, 1.54) is 29.5 Å². The molecule has 0 aliphatic heterocycles. The van der Waals surface area contributed by atoms with Crippen LogP contribution < -0.4 is 11.1 Å². The lowest BCUT2D eigenvalue weighted by molar-refractivity contribution is -0.113. The molecule has 6 nitrogen and oxygen atoms in total. The molecule has 31 heavy (non-hydrogen) atoms. The number of carbonyl (C=O) groups is 2. The van der Waals surface area contributed by atoms with Gasteiger partial charge in [-0.15, -0.1) is 11.3 Å². The number of thioether (sulfide) groups is 1. The minimum Gasteiger partial charge on any atom is -0.365 e. The second-order valence-corrected chi connectivity index (χ2v) is 10.4. The molecule has 1 atom stereocenters. The summed E-state index contributed by atoms with van der Waals surface area (Å²) in [5, 5.41) is 13.6. The summed E-state index contributed by atoms with van der Waals surface area (Å²) in [7, 11) is 0.